The van der Waals surface area contributed by atoms with Gasteiger partial charge >= 0.3 is 0 Å². The lowest BCUT2D eigenvalue weighted by Gasteiger charge is -2.21. The zero-order chi connectivity index (χ0) is 12.0. The molecule has 3 N–H and O–H groups in total. The molecule has 6 nitrogen and oxygen atoms in total. The van der Waals surface area contributed by atoms with Gasteiger partial charge in [-0.3, -0.25) is 4.79 Å². The highest BCUT2D eigenvalue weighted by atomic mass is 32.2. The maximum atomic E-state index is 11.6. The summed E-state index contributed by atoms with van der Waals surface area (Å²) in [4.78, 5) is 11.6. The minimum Gasteiger partial charge on any atom is -0.355 e. The summed E-state index contributed by atoms with van der Waals surface area (Å²) in [6, 6.07) is 0. The topological polar surface area (TPSA) is 87.3 Å². The third kappa shape index (κ3) is 4.46. The van der Waals surface area contributed by atoms with E-state index >= 15 is 0 Å². The number of rotatable bonds is 5. The molecule has 1 heterocycles. The molecule has 7 heteroatoms. The van der Waals surface area contributed by atoms with Gasteiger partial charge < -0.3 is 10.6 Å². The van der Waals surface area contributed by atoms with Crippen LogP contribution in [-0.4, -0.2) is 46.8 Å². The summed E-state index contributed by atoms with van der Waals surface area (Å²) in [5, 5.41) is 5.79. The van der Waals surface area contributed by atoms with Gasteiger partial charge in [0.15, 0.2) is 0 Å². The van der Waals surface area contributed by atoms with Gasteiger partial charge in [0, 0.05) is 13.1 Å². The van der Waals surface area contributed by atoms with E-state index in [0.29, 0.717) is 6.54 Å². The summed E-state index contributed by atoms with van der Waals surface area (Å²) in [5.41, 5.74) is 0. The highest BCUT2D eigenvalue weighted by Crippen LogP contribution is 2.09. The largest absolute Gasteiger partial charge is 0.355 e. The van der Waals surface area contributed by atoms with Gasteiger partial charge in [-0.25, -0.2) is 13.1 Å². The Morgan fingerprint density at radius 2 is 2.25 bits per heavy atom. The Bertz CT molecular complexity index is 323. The summed E-state index contributed by atoms with van der Waals surface area (Å²) in [5.74, 6) is -0.153. The predicted molar refractivity (Wildman–Crippen MR) is 61.4 cm³/mol. The quantitative estimate of drug-likeness (QED) is 0.562. The van der Waals surface area contributed by atoms with Crippen molar-refractivity contribution in [3.8, 4) is 0 Å². The summed E-state index contributed by atoms with van der Waals surface area (Å²) < 4.78 is 24.4. The number of nitrogens with one attached hydrogen (secondary N) is 3. The highest BCUT2D eigenvalue weighted by Gasteiger charge is 2.20. The van der Waals surface area contributed by atoms with Crippen molar-refractivity contribution in [3.05, 3.63) is 0 Å². The van der Waals surface area contributed by atoms with Crippen LogP contribution in [0.1, 0.15) is 12.8 Å². The van der Waals surface area contributed by atoms with Crippen LogP contribution in [0.2, 0.25) is 0 Å². The molecule has 94 valence electrons. The van der Waals surface area contributed by atoms with Gasteiger partial charge in [0.1, 0.15) is 0 Å². The van der Waals surface area contributed by atoms with Gasteiger partial charge in [-0.2, -0.15) is 0 Å². The molecule has 0 aromatic heterocycles. The second-order valence-electron chi connectivity index (χ2n) is 3.86. The first kappa shape index (κ1) is 13.4. The highest BCUT2D eigenvalue weighted by molar-refractivity contribution is 7.89. The number of carbonyl (C=O) groups is 1. The number of hydrogen-bond acceptors (Lipinski definition) is 4. The molecule has 0 aromatic carbocycles. The molecule has 16 heavy (non-hydrogen) atoms. The van der Waals surface area contributed by atoms with Crippen molar-refractivity contribution in [1.29, 1.82) is 0 Å². The summed E-state index contributed by atoms with van der Waals surface area (Å²) in [6.45, 7) is 1.81. The zero-order valence-corrected chi connectivity index (χ0v) is 10.3. The zero-order valence-electron chi connectivity index (χ0n) is 9.45. The average molecular weight is 249 g/mol. The standard InChI is InChI=1S/C9H19N3O3S/c1-10-16(14,15)6-5-12-9(13)8-3-2-4-11-7-8/h8,10-11H,2-7H2,1H3,(H,12,13). The van der Waals surface area contributed by atoms with Crippen LogP contribution in [0.25, 0.3) is 0 Å². The van der Waals surface area contributed by atoms with Crippen LogP contribution < -0.4 is 15.4 Å². The van der Waals surface area contributed by atoms with E-state index in [-0.39, 0.29) is 24.1 Å². The van der Waals surface area contributed by atoms with Crippen molar-refractivity contribution >= 4 is 15.9 Å². The van der Waals surface area contributed by atoms with Gasteiger partial charge in [-0.05, 0) is 26.4 Å². The number of sulfonamides is 1. The second kappa shape index (κ2) is 6.17. The Balaban J connectivity index is 2.24. The van der Waals surface area contributed by atoms with Gasteiger partial charge in [0.05, 0.1) is 11.7 Å². The van der Waals surface area contributed by atoms with Crippen molar-refractivity contribution in [2.45, 2.75) is 12.8 Å². The van der Waals surface area contributed by atoms with Crippen molar-refractivity contribution < 1.29 is 13.2 Å². The first-order chi connectivity index (χ1) is 7.55. The molecule has 1 unspecified atom stereocenters. The van der Waals surface area contributed by atoms with E-state index in [1.54, 1.807) is 0 Å². The van der Waals surface area contributed by atoms with Crippen molar-refractivity contribution in [2.24, 2.45) is 5.92 Å². The van der Waals surface area contributed by atoms with Crippen LogP contribution in [0.5, 0.6) is 0 Å². The molecule has 1 fully saturated rings. The van der Waals surface area contributed by atoms with E-state index in [4.69, 9.17) is 0 Å². The first-order valence-corrected chi connectivity index (χ1v) is 7.10. The van der Waals surface area contributed by atoms with E-state index in [2.05, 4.69) is 15.4 Å². The summed E-state index contributed by atoms with van der Waals surface area (Å²) >= 11 is 0. The Hall–Kier alpha value is -0.660. The Labute approximate surface area is 96.2 Å². The smallest absolute Gasteiger partial charge is 0.224 e. The van der Waals surface area contributed by atoms with Crippen LogP contribution in [0, 0.1) is 5.92 Å². The van der Waals surface area contributed by atoms with Crippen molar-refractivity contribution in [3.63, 3.8) is 0 Å². The molecule has 1 amide bonds. The third-order valence-electron chi connectivity index (χ3n) is 2.65. The van der Waals surface area contributed by atoms with Crippen LogP contribution in [0.3, 0.4) is 0 Å². The molecule has 1 rings (SSSR count). The molecule has 1 aliphatic rings. The fourth-order valence-corrected chi connectivity index (χ4v) is 2.21. The van der Waals surface area contributed by atoms with E-state index in [1.807, 2.05) is 0 Å². The van der Waals surface area contributed by atoms with Crippen LogP contribution >= 0.6 is 0 Å². The van der Waals surface area contributed by atoms with Crippen molar-refractivity contribution in [1.82, 2.24) is 15.4 Å². The lowest BCUT2D eigenvalue weighted by molar-refractivity contribution is -0.125. The van der Waals surface area contributed by atoms with Gasteiger partial charge in [0.25, 0.3) is 0 Å². The number of hydrogen-bond donors (Lipinski definition) is 3. The Morgan fingerprint density at radius 3 is 2.81 bits per heavy atom. The third-order valence-corrected chi connectivity index (χ3v) is 4.01. The number of piperidine rings is 1. The van der Waals surface area contributed by atoms with Gasteiger partial charge in [0.2, 0.25) is 15.9 Å². The summed E-state index contributed by atoms with van der Waals surface area (Å²) in [6.07, 6.45) is 1.87. The molecular formula is C9H19N3O3S. The predicted octanol–water partition coefficient (Wildman–Crippen LogP) is -1.35. The number of amides is 1. The maximum absolute atomic E-state index is 11.6. The minimum absolute atomic E-state index is 0.0222. The molecule has 0 spiro atoms. The minimum atomic E-state index is -3.23. The fraction of sp³-hybridized carbons (Fsp3) is 0.889. The normalized spacial score (nSPS) is 21.7. The molecular weight excluding hydrogens is 230 g/mol. The molecule has 0 saturated carbocycles. The van der Waals surface area contributed by atoms with E-state index in [0.717, 1.165) is 19.4 Å². The molecule has 0 aliphatic carbocycles. The fourth-order valence-electron chi connectivity index (χ4n) is 1.63. The lowest BCUT2D eigenvalue weighted by Crippen LogP contribution is -2.42. The molecule has 0 radical (unpaired) electrons. The Kier molecular flexibility index (Phi) is 5.17. The lowest BCUT2D eigenvalue weighted by atomic mass is 9.99. The van der Waals surface area contributed by atoms with E-state index < -0.39 is 10.0 Å². The van der Waals surface area contributed by atoms with Gasteiger partial charge in [-0.15, -0.1) is 0 Å². The van der Waals surface area contributed by atoms with E-state index in [1.165, 1.54) is 7.05 Å². The maximum Gasteiger partial charge on any atom is 0.224 e. The first-order valence-electron chi connectivity index (χ1n) is 5.45. The van der Waals surface area contributed by atoms with E-state index in [9.17, 15) is 13.2 Å². The molecule has 1 aliphatic heterocycles. The Morgan fingerprint density at radius 1 is 1.50 bits per heavy atom. The molecule has 1 saturated heterocycles. The SMILES string of the molecule is CNS(=O)(=O)CCNC(=O)C1CCCNC1. The van der Waals surface area contributed by atoms with Gasteiger partial charge in [-0.1, -0.05) is 0 Å². The van der Waals surface area contributed by atoms with Crippen molar-refractivity contribution in [2.75, 3.05) is 32.4 Å². The second-order valence-corrected chi connectivity index (χ2v) is 5.90. The summed E-state index contributed by atoms with van der Waals surface area (Å²) in [7, 11) is -1.86. The van der Waals surface area contributed by atoms with Crippen LogP contribution in [0.4, 0.5) is 0 Å². The number of carbonyl (C=O) groups excluding carboxylic acids is 1. The van der Waals surface area contributed by atoms with Crippen LogP contribution in [-0.2, 0) is 14.8 Å². The molecule has 1 atom stereocenters. The van der Waals surface area contributed by atoms with Crippen LogP contribution in [0.15, 0.2) is 0 Å². The molecule has 0 aromatic rings. The monoisotopic (exact) mass is 249 g/mol. The average Bonchev–Trinajstić information content (AvgIpc) is 2.30. The molecule has 0 bridgehead atoms.